The lowest BCUT2D eigenvalue weighted by Crippen LogP contribution is -2.44. The number of aliphatic hydroxyl groups is 1. The zero-order valence-corrected chi connectivity index (χ0v) is 19.5. The topological polar surface area (TPSA) is 103 Å². The van der Waals surface area contributed by atoms with E-state index in [2.05, 4.69) is 20.3 Å². The zero-order valence-electron chi connectivity index (χ0n) is 18.7. The van der Waals surface area contributed by atoms with Gasteiger partial charge in [0.05, 0.1) is 18.8 Å². The van der Waals surface area contributed by atoms with Gasteiger partial charge < -0.3 is 15.7 Å². The summed E-state index contributed by atoms with van der Waals surface area (Å²) < 4.78 is 27.3. The minimum absolute atomic E-state index is 0.0937. The van der Waals surface area contributed by atoms with Gasteiger partial charge in [-0.05, 0) is 44.4 Å². The molecule has 8 heteroatoms. The number of sulfonamides is 1. The van der Waals surface area contributed by atoms with Crippen molar-refractivity contribution in [1.82, 2.24) is 15.4 Å². The summed E-state index contributed by atoms with van der Waals surface area (Å²) in [4.78, 5) is 4.60. The van der Waals surface area contributed by atoms with Crippen molar-refractivity contribution in [2.75, 3.05) is 13.1 Å². The number of benzene rings is 2. The first-order chi connectivity index (χ1) is 14.6. The molecule has 0 saturated heterocycles. The molecule has 4 N–H and O–H groups in total. The molecule has 0 heterocycles. The summed E-state index contributed by atoms with van der Waals surface area (Å²) >= 11 is 0. The van der Waals surface area contributed by atoms with Crippen LogP contribution in [0.3, 0.4) is 0 Å². The standard InChI is InChI=1S/C23H34N4O3S/c1-5-24-22(26-17-23(4,28)21-13-7-6-8-14-21)25-15-19-11-9-10-12-20(19)16-31(29,30)27-18(2)3/h6-14,18,27-28H,5,15-17H2,1-4H3,(H2,24,25,26). The van der Waals surface area contributed by atoms with E-state index in [0.29, 0.717) is 24.6 Å². The van der Waals surface area contributed by atoms with Crippen molar-refractivity contribution in [2.24, 2.45) is 4.99 Å². The van der Waals surface area contributed by atoms with Gasteiger partial charge in [0.1, 0.15) is 5.60 Å². The van der Waals surface area contributed by atoms with Crippen LogP contribution >= 0.6 is 0 Å². The van der Waals surface area contributed by atoms with Crippen LogP contribution in [-0.2, 0) is 27.9 Å². The van der Waals surface area contributed by atoms with Crippen molar-refractivity contribution in [2.45, 2.75) is 51.6 Å². The Labute approximate surface area is 186 Å². The summed E-state index contributed by atoms with van der Waals surface area (Å²) in [7, 11) is -3.43. The first-order valence-corrected chi connectivity index (χ1v) is 12.1. The van der Waals surface area contributed by atoms with E-state index in [1.165, 1.54) is 0 Å². The number of rotatable bonds is 10. The summed E-state index contributed by atoms with van der Waals surface area (Å²) in [5.41, 5.74) is 1.30. The highest BCUT2D eigenvalue weighted by atomic mass is 32.2. The molecule has 1 unspecified atom stereocenters. The van der Waals surface area contributed by atoms with Crippen molar-refractivity contribution >= 4 is 16.0 Å². The smallest absolute Gasteiger partial charge is 0.216 e. The molecule has 0 radical (unpaired) electrons. The molecule has 2 aromatic rings. The van der Waals surface area contributed by atoms with Crippen LogP contribution in [0.15, 0.2) is 59.6 Å². The summed E-state index contributed by atoms with van der Waals surface area (Å²) in [6.07, 6.45) is 0. The second-order valence-electron chi connectivity index (χ2n) is 7.99. The lowest BCUT2D eigenvalue weighted by Gasteiger charge is -2.25. The third-order valence-electron chi connectivity index (χ3n) is 4.63. The highest BCUT2D eigenvalue weighted by Crippen LogP contribution is 2.19. The Morgan fingerprint density at radius 3 is 2.26 bits per heavy atom. The average Bonchev–Trinajstić information content (AvgIpc) is 2.70. The van der Waals surface area contributed by atoms with E-state index < -0.39 is 15.6 Å². The van der Waals surface area contributed by atoms with Gasteiger partial charge in [-0.3, -0.25) is 0 Å². The van der Waals surface area contributed by atoms with Crippen LogP contribution in [0.5, 0.6) is 0 Å². The van der Waals surface area contributed by atoms with Gasteiger partial charge in [0.2, 0.25) is 10.0 Å². The maximum atomic E-state index is 12.4. The van der Waals surface area contributed by atoms with Gasteiger partial charge in [-0.1, -0.05) is 54.6 Å². The second kappa shape index (κ2) is 11.3. The van der Waals surface area contributed by atoms with Crippen molar-refractivity contribution in [3.8, 4) is 0 Å². The maximum Gasteiger partial charge on any atom is 0.216 e. The Kier molecular flexibility index (Phi) is 9.03. The molecule has 0 bridgehead atoms. The van der Waals surface area contributed by atoms with Crippen LogP contribution in [0, 0.1) is 0 Å². The normalized spacial score (nSPS) is 14.3. The molecule has 0 saturated carbocycles. The minimum atomic E-state index is -3.43. The third kappa shape index (κ3) is 8.32. The fourth-order valence-electron chi connectivity index (χ4n) is 3.12. The summed E-state index contributed by atoms with van der Waals surface area (Å²) in [5, 5.41) is 17.2. The predicted molar refractivity (Wildman–Crippen MR) is 126 cm³/mol. The van der Waals surface area contributed by atoms with Crippen molar-refractivity contribution < 1.29 is 13.5 Å². The first kappa shape index (κ1) is 24.8. The molecule has 2 aromatic carbocycles. The Morgan fingerprint density at radius 1 is 1.03 bits per heavy atom. The second-order valence-corrected chi connectivity index (χ2v) is 9.74. The highest BCUT2D eigenvalue weighted by Gasteiger charge is 2.23. The van der Waals surface area contributed by atoms with Crippen LogP contribution in [-0.4, -0.2) is 38.6 Å². The van der Waals surface area contributed by atoms with E-state index in [1.54, 1.807) is 20.8 Å². The number of aliphatic imine (C=N–C) groups is 1. The summed E-state index contributed by atoms with van der Waals surface area (Å²) in [6, 6.07) is 16.7. The Balaban J connectivity index is 2.12. The Hall–Kier alpha value is -2.42. The number of hydrogen-bond acceptors (Lipinski definition) is 4. The van der Waals surface area contributed by atoms with Gasteiger partial charge in [-0.2, -0.15) is 0 Å². The molecule has 0 aliphatic rings. The van der Waals surface area contributed by atoms with Gasteiger partial charge in [-0.25, -0.2) is 18.1 Å². The SMILES string of the molecule is CCNC(=NCc1ccccc1CS(=O)(=O)NC(C)C)NCC(C)(O)c1ccccc1. The average molecular weight is 447 g/mol. The van der Waals surface area contributed by atoms with Crippen LogP contribution in [0.1, 0.15) is 44.4 Å². The molecule has 0 amide bonds. The van der Waals surface area contributed by atoms with Gasteiger partial charge in [-0.15, -0.1) is 0 Å². The molecule has 170 valence electrons. The lowest BCUT2D eigenvalue weighted by atomic mass is 9.96. The molecule has 7 nitrogen and oxygen atoms in total. The third-order valence-corrected chi connectivity index (χ3v) is 6.15. The zero-order chi connectivity index (χ0) is 22.9. The quantitative estimate of drug-likeness (QED) is 0.332. The fourth-order valence-corrected chi connectivity index (χ4v) is 4.61. The summed E-state index contributed by atoms with van der Waals surface area (Å²) in [5.74, 6) is 0.459. The highest BCUT2D eigenvalue weighted by molar-refractivity contribution is 7.88. The largest absolute Gasteiger partial charge is 0.384 e. The van der Waals surface area contributed by atoms with E-state index in [9.17, 15) is 13.5 Å². The van der Waals surface area contributed by atoms with Gasteiger partial charge in [0.15, 0.2) is 5.96 Å². The number of guanidine groups is 1. The Morgan fingerprint density at radius 2 is 1.65 bits per heavy atom. The van der Waals surface area contributed by atoms with Crippen LogP contribution in [0.25, 0.3) is 0 Å². The Bertz CT molecular complexity index is 958. The monoisotopic (exact) mass is 446 g/mol. The van der Waals surface area contributed by atoms with Gasteiger partial charge in [0, 0.05) is 12.6 Å². The van der Waals surface area contributed by atoms with Gasteiger partial charge in [0.25, 0.3) is 0 Å². The van der Waals surface area contributed by atoms with Crippen LogP contribution < -0.4 is 15.4 Å². The van der Waals surface area contributed by atoms with E-state index in [-0.39, 0.29) is 18.3 Å². The molecule has 0 fully saturated rings. The lowest BCUT2D eigenvalue weighted by molar-refractivity contribution is 0.0617. The molecule has 0 aromatic heterocycles. The van der Waals surface area contributed by atoms with Gasteiger partial charge >= 0.3 is 0 Å². The van der Waals surface area contributed by atoms with Crippen molar-refractivity contribution in [1.29, 1.82) is 0 Å². The van der Waals surface area contributed by atoms with E-state index in [4.69, 9.17) is 0 Å². The molecule has 0 spiro atoms. The molecule has 31 heavy (non-hydrogen) atoms. The van der Waals surface area contributed by atoms with Crippen LogP contribution in [0.4, 0.5) is 0 Å². The predicted octanol–water partition coefficient (Wildman–Crippen LogP) is 2.48. The number of hydrogen-bond donors (Lipinski definition) is 4. The minimum Gasteiger partial charge on any atom is -0.384 e. The molecule has 0 aliphatic carbocycles. The molecule has 1 atom stereocenters. The van der Waals surface area contributed by atoms with E-state index >= 15 is 0 Å². The van der Waals surface area contributed by atoms with Crippen molar-refractivity contribution in [3.05, 3.63) is 71.3 Å². The maximum absolute atomic E-state index is 12.4. The fraction of sp³-hybridized carbons (Fsp3) is 0.435. The number of nitrogens with zero attached hydrogens (tertiary/aromatic N) is 1. The number of nitrogens with one attached hydrogen (secondary N) is 3. The molecule has 0 aliphatic heterocycles. The van der Waals surface area contributed by atoms with E-state index in [0.717, 1.165) is 11.1 Å². The molecule has 2 rings (SSSR count). The van der Waals surface area contributed by atoms with Crippen molar-refractivity contribution in [3.63, 3.8) is 0 Å². The first-order valence-electron chi connectivity index (χ1n) is 10.5. The summed E-state index contributed by atoms with van der Waals surface area (Å²) in [6.45, 7) is 8.56. The molecular formula is C23H34N4O3S. The van der Waals surface area contributed by atoms with E-state index in [1.807, 2.05) is 61.5 Å². The molecular weight excluding hydrogens is 412 g/mol. The van der Waals surface area contributed by atoms with Crippen LogP contribution in [0.2, 0.25) is 0 Å².